The van der Waals surface area contributed by atoms with Gasteiger partial charge in [-0.15, -0.1) is 0 Å². The molecule has 16 heavy (non-hydrogen) atoms. The Balaban J connectivity index is 0.000000487. The summed E-state index contributed by atoms with van der Waals surface area (Å²) in [6.45, 7) is 6.50. The summed E-state index contributed by atoms with van der Waals surface area (Å²) < 4.78 is 0. The van der Waals surface area contributed by atoms with Crippen molar-refractivity contribution < 1.29 is 19.8 Å². The average Bonchev–Trinajstić information content (AvgIpc) is 2.16. The second-order valence-electron chi connectivity index (χ2n) is 3.89. The van der Waals surface area contributed by atoms with Gasteiger partial charge >= 0.3 is 11.9 Å². The molecule has 1 aromatic carbocycles. The van der Waals surface area contributed by atoms with Crippen LogP contribution in [-0.2, 0) is 0 Å². The van der Waals surface area contributed by atoms with E-state index in [1.165, 1.54) is 24.3 Å². The molecule has 88 valence electrons. The van der Waals surface area contributed by atoms with Crippen molar-refractivity contribution >= 4 is 11.9 Å². The lowest BCUT2D eigenvalue weighted by molar-refractivity contribution is 0.0651. The molecule has 0 unspecified atom stereocenters. The highest BCUT2D eigenvalue weighted by Crippen LogP contribution is 2.07. The van der Waals surface area contributed by atoms with Crippen LogP contribution in [-0.4, -0.2) is 22.2 Å². The standard InChI is InChI=1S/C8H6O4.C4H10/c9-7(10)5-3-1-2-4-6(5)8(11)12;1-4(2)3/h1-4H,(H,9,10)(H,11,12);4H,1-3H3. The minimum atomic E-state index is -1.23. The zero-order valence-electron chi connectivity index (χ0n) is 9.60. The minimum Gasteiger partial charge on any atom is -0.478 e. The number of benzene rings is 1. The van der Waals surface area contributed by atoms with E-state index >= 15 is 0 Å². The normalized spacial score (nSPS) is 9.25. The summed E-state index contributed by atoms with van der Waals surface area (Å²) in [6, 6.07) is 5.48. The van der Waals surface area contributed by atoms with Crippen LogP contribution in [0, 0.1) is 5.92 Å². The second kappa shape index (κ2) is 6.61. The fourth-order valence-corrected chi connectivity index (χ4v) is 0.856. The molecule has 0 aliphatic heterocycles. The van der Waals surface area contributed by atoms with Crippen molar-refractivity contribution in [2.75, 3.05) is 0 Å². The lowest BCUT2D eigenvalue weighted by atomic mass is 10.1. The van der Waals surface area contributed by atoms with Crippen LogP contribution in [0.2, 0.25) is 0 Å². The van der Waals surface area contributed by atoms with Gasteiger partial charge in [-0.25, -0.2) is 9.59 Å². The third-order valence-electron chi connectivity index (χ3n) is 1.39. The Bertz CT molecular complexity index is 333. The van der Waals surface area contributed by atoms with Gasteiger partial charge < -0.3 is 10.2 Å². The summed E-state index contributed by atoms with van der Waals surface area (Å²) in [4.78, 5) is 20.9. The highest BCUT2D eigenvalue weighted by Gasteiger charge is 2.13. The number of carbonyl (C=O) groups is 2. The Hall–Kier alpha value is -1.84. The summed E-state index contributed by atoms with van der Waals surface area (Å²) in [5, 5.41) is 17.1. The Morgan fingerprint density at radius 3 is 1.38 bits per heavy atom. The minimum absolute atomic E-state index is 0.190. The van der Waals surface area contributed by atoms with E-state index in [-0.39, 0.29) is 11.1 Å². The van der Waals surface area contributed by atoms with Crippen molar-refractivity contribution in [2.45, 2.75) is 20.8 Å². The van der Waals surface area contributed by atoms with Crippen LogP contribution in [0.4, 0.5) is 0 Å². The maximum Gasteiger partial charge on any atom is 0.336 e. The van der Waals surface area contributed by atoms with Crippen molar-refractivity contribution in [3.63, 3.8) is 0 Å². The quantitative estimate of drug-likeness (QED) is 0.809. The molecule has 4 heteroatoms. The topological polar surface area (TPSA) is 74.6 Å². The van der Waals surface area contributed by atoms with E-state index in [0.29, 0.717) is 0 Å². The molecule has 0 aliphatic carbocycles. The first-order valence-electron chi connectivity index (χ1n) is 4.91. The van der Waals surface area contributed by atoms with Crippen LogP contribution < -0.4 is 0 Å². The van der Waals surface area contributed by atoms with Crippen LogP contribution in [0.25, 0.3) is 0 Å². The summed E-state index contributed by atoms with van der Waals surface area (Å²) >= 11 is 0. The first-order valence-corrected chi connectivity index (χ1v) is 4.91. The highest BCUT2D eigenvalue weighted by molar-refractivity contribution is 6.01. The molecule has 0 heterocycles. The number of aromatic carboxylic acids is 2. The van der Waals surface area contributed by atoms with Gasteiger partial charge in [0.1, 0.15) is 0 Å². The van der Waals surface area contributed by atoms with E-state index in [1.54, 1.807) is 0 Å². The molecule has 0 bridgehead atoms. The molecule has 0 saturated heterocycles. The number of rotatable bonds is 2. The third kappa shape index (κ3) is 5.14. The van der Waals surface area contributed by atoms with Crippen molar-refractivity contribution in [3.8, 4) is 0 Å². The summed E-state index contributed by atoms with van der Waals surface area (Å²) in [5.41, 5.74) is -0.380. The molecule has 0 atom stereocenters. The molecular formula is C12H16O4. The largest absolute Gasteiger partial charge is 0.478 e. The molecule has 0 aliphatic rings. The maximum absolute atomic E-state index is 10.5. The lowest BCUT2D eigenvalue weighted by Gasteiger charge is -1.98. The lowest BCUT2D eigenvalue weighted by Crippen LogP contribution is -2.06. The van der Waals surface area contributed by atoms with Gasteiger partial charge in [-0.2, -0.15) is 0 Å². The first-order chi connectivity index (χ1) is 7.36. The molecule has 0 spiro atoms. The van der Waals surface area contributed by atoms with Crippen LogP contribution >= 0.6 is 0 Å². The zero-order valence-corrected chi connectivity index (χ0v) is 9.60. The summed E-state index contributed by atoms with van der Waals surface area (Å²) in [6.07, 6.45) is 0. The van der Waals surface area contributed by atoms with Gasteiger partial charge in [0, 0.05) is 0 Å². The summed E-state index contributed by atoms with van der Waals surface area (Å²) in [7, 11) is 0. The van der Waals surface area contributed by atoms with E-state index in [0.717, 1.165) is 5.92 Å². The van der Waals surface area contributed by atoms with Crippen LogP contribution in [0.15, 0.2) is 24.3 Å². The SMILES string of the molecule is CC(C)C.O=C(O)c1ccccc1C(=O)O. The number of hydrogen-bond donors (Lipinski definition) is 2. The summed E-state index contributed by atoms with van der Waals surface area (Å²) in [5.74, 6) is -1.62. The predicted octanol–water partition coefficient (Wildman–Crippen LogP) is 2.75. The fraction of sp³-hybridized carbons (Fsp3) is 0.333. The number of hydrogen-bond acceptors (Lipinski definition) is 2. The van der Waals surface area contributed by atoms with Gasteiger partial charge in [0.25, 0.3) is 0 Å². The molecule has 0 aromatic heterocycles. The van der Waals surface area contributed by atoms with Gasteiger partial charge in [0.15, 0.2) is 0 Å². The van der Waals surface area contributed by atoms with Crippen LogP contribution in [0.3, 0.4) is 0 Å². The van der Waals surface area contributed by atoms with Gasteiger partial charge in [0.2, 0.25) is 0 Å². The Kier molecular flexibility index (Phi) is 5.85. The van der Waals surface area contributed by atoms with Crippen molar-refractivity contribution in [1.29, 1.82) is 0 Å². The fourth-order valence-electron chi connectivity index (χ4n) is 0.856. The van der Waals surface area contributed by atoms with Gasteiger partial charge in [-0.3, -0.25) is 0 Å². The van der Waals surface area contributed by atoms with Crippen molar-refractivity contribution in [3.05, 3.63) is 35.4 Å². The van der Waals surface area contributed by atoms with E-state index in [9.17, 15) is 9.59 Å². The third-order valence-corrected chi connectivity index (χ3v) is 1.39. The predicted molar refractivity (Wildman–Crippen MR) is 60.9 cm³/mol. The number of carboxylic acid groups (broad SMARTS) is 2. The van der Waals surface area contributed by atoms with Gasteiger partial charge in [-0.05, 0) is 18.1 Å². The molecule has 4 nitrogen and oxygen atoms in total. The van der Waals surface area contributed by atoms with Crippen LogP contribution in [0.5, 0.6) is 0 Å². The van der Waals surface area contributed by atoms with E-state index < -0.39 is 11.9 Å². The van der Waals surface area contributed by atoms with Gasteiger partial charge in [0.05, 0.1) is 11.1 Å². The van der Waals surface area contributed by atoms with Crippen molar-refractivity contribution in [1.82, 2.24) is 0 Å². The molecule has 1 aromatic rings. The van der Waals surface area contributed by atoms with E-state index in [2.05, 4.69) is 20.8 Å². The van der Waals surface area contributed by atoms with E-state index in [4.69, 9.17) is 10.2 Å². The van der Waals surface area contributed by atoms with Gasteiger partial charge in [-0.1, -0.05) is 32.9 Å². The molecule has 1 rings (SSSR count). The molecule has 2 N–H and O–H groups in total. The Labute approximate surface area is 94.5 Å². The highest BCUT2D eigenvalue weighted by atomic mass is 16.4. The Morgan fingerprint density at radius 1 is 0.938 bits per heavy atom. The average molecular weight is 224 g/mol. The molecule has 0 fully saturated rings. The molecular weight excluding hydrogens is 208 g/mol. The first kappa shape index (κ1) is 14.2. The molecule has 0 amide bonds. The molecule has 0 radical (unpaired) electrons. The molecule has 0 saturated carbocycles. The smallest absolute Gasteiger partial charge is 0.336 e. The monoisotopic (exact) mass is 224 g/mol. The maximum atomic E-state index is 10.5. The van der Waals surface area contributed by atoms with E-state index in [1.807, 2.05) is 0 Å². The Morgan fingerprint density at radius 2 is 1.19 bits per heavy atom. The second-order valence-corrected chi connectivity index (χ2v) is 3.89. The zero-order chi connectivity index (χ0) is 12.7. The number of carboxylic acids is 2. The van der Waals surface area contributed by atoms with Crippen LogP contribution in [0.1, 0.15) is 41.5 Å². The van der Waals surface area contributed by atoms with Crippen molar-refractivity contribution in [2.24, 2.45) is 5.92 Å².